The first-order valence-electron chi connectivity index (χ1n) is 9.21. The van der Waals surface area contributed by atoms with Crippen LogP contribution in [-0.2, 0) is 9.53 Å². The predicted molar refractivity (Wildman–Crippen MR) is 80.8 cm³/mol. The first-order valence-corrected chi connectivity index (χ1v) is 9.21. The number of epoxide rings is 1. The molecule has 0 aromatic rings. The summed E-state index contributed by atoms with van der Waals surface area (Å²) >= 11 is 0. The van der Waals surface area contributed by atoms with Crippen molar-refractivity contribution in [1.82, 2.24) is 0 Å². The van der Waals surface area contributed by atoms with Crippen LogP contribution in [0.5, 0.6) is 0 Å². The van der Waals surface area contributed by atoms with Gasteiger partial charge in [0, 0.05) is 11.8 Å². The monoisotopic (exact) mass is 288 g/mol. The minimum Gasteiger partial charge on any atom is -0.370 e. The second-order valence-electron chi connectivity index (χ2n) is 9.23. The molecule has 0 amide bonds. The highest BCUT2D eigenvalue weighted by Crippen LogP contribution is 2.67. The van der Waals surface area contributed by atoms with Gasteiger partial charge in [-0.25, -0.2) is 0 Å². The molecule has 1 saturated heterocycles. The molecule has 5 rings (SSSR count). The summed E-state index contributed by atoms with van der Waals surface area (Å²) in [6.45, 7) is 4.87. The number of carbonyl (C=O) groups is 1. The number of hydrogen-bond donors (Lipinski definition) is 0. The van der Waals surface area contributed by atoms with Crippen molar-refractivity contribution in [2.24, 2.45) is 34.5 Å². The summed E-state index contributed by atoms with van der Waals surface area (Å²) in [7, 11) is 0. The summed E-state index contributed by atoms with van der Waals surface area (Å²) in [5.74, 6) is 3.85. The van der Waals surface area contributed by atoms with Crippen LogP contribution in [0, 0.1) is 34.5 Å². The maximum absolute atomic E-state index is 12.4. The molecule has 21 heavy (non-hydrogen) atoms. The Balaban J connectivity index is 1.49. The Hall–Kier alpha value is -0.370. The van der Waals surface area contributed by atoms with Gasteiger partial charge >= 0.3 is 0 Å². The smallest absolute Gasteiger partial charge is 0.139 e. The largest absolute Gasteiger partial charge is 0.370 e. The fourth-order valence-corrected chi connectivity index (χ4v) is 7.29. The van der Waals surface area contributed by atoms with Crippen LogP contribution in [0.2, 0.25) is 0 Å². The lowest BCUT2D eigenvalue weighted by atomic mass is 9.45. The first-order chi connectivity index (χ1) is 10.0. The summed E-state index contributed by atoms with van der Waals surface area (Å²) in [5, 5.41) is 0. The molecule has 0 aromatic carbocycles. The van der Waals surface area contributed by atoms with Crippen LogP contribution in [0.4, 0.5) is 0 Å². The molecule has 2 nitrogen and oxygen atoms in total. The van der Waals surface area contributed by atoms with Gasteiger partial charge in [0.2, 0.25) is 0 Å². The maximum Gasteiger partial charge on any atom is 0.139 e. The molecule has 2 heteroatoms. The van der Waals surface area contributed by atoms with Crippen molar-refractivity contribution < 1.29 is 9.53 Å². The number of ether oxygens (including phenoxy) is 1. The van der Waals surface area contributed by atoms with Crippen molar-refractivity contribution in [3.8, 4) is 0 Å². The van der Waals surface area contributed by atoms with Gasteiger partial charge in [-0.2, -0.15) is 0 Å². The average Bonchev–Trinajstić information content (AvgIpc) is 3.12. The van der Waals surface area contributed by atoms with Crippen molar-refractivity contribution in [3.63, 3.8) is 0 Å². The third-order valence-corrected chi connectivity index (χ3v) is 8.62. The van der Waals surface area contributed by atoms with E-state index in [-0.39, 0.29) is 5.41 Å². The van der Waals surface area contributed by atoms with E-state index in [1.165, 1.54) is 38.5 Å². The van der Waals surface area contributed by atoms with E-state index >= 15 is 0 Å². The van der Waals surface area contributed by atoms with E-state index in [4.69, 9.17) is 4.74 Å². The van der Waals surface area contributed by atoms with Gasteiger partial charge in [-0.05, 0) is 74.0 Å². The Morgan fingerprint density at radius 2 is 1.90 bits per heavy atom. The molecule has 1 unspecified atom stereocenters. The Kier molecular flexibility index (Phi) is 2.45. The second kappa shape index (κ2) is 3.93. The zero-order chi connectivity index (χ0) is 14.4. The molecule has 1 aliphatic heterocycles. The number of hydrogen-bond acceptors (Lipinski definition) is 2. The van der Waals surface area contributed by atoms with Crippen LogP contribution in [0.3, 0.4) is 0 Å². The number of ketones is 1. The summed E-state index contributed by atoms with van der Waals surface area (Å²) in [5.41, 5.74) is 0.547. The topological polar surface area (TPSA) is 29.6 Å². The van der Waals surface area contributed by atoms with Crippen molar-refractivity contribution in [2.45, 2.75) is 77.4 Å². The fourth-order valence-electron chi connectivity index (χ4n) is 7.29. The van der Waals surface area contributed by atoms with Crippen molar-refractivity contribution in [1.29, 1.82) is 0 Å². The van der Waals surface area contributed by atoms with E-state index in [9.17, 15) is 4.79 Å². The Labute approximate surface area is 128 Å². The quantitative estimate of drug-likeness (QED) is 0.631. The molecule has 4 aliphatic carbocycles. The van der Waals surface area contributed by atoms with Gasteiger partial charge in [0.15, 0.2) is 0 Å². The van der Waals surface area contributed by atoms with E-state index in [0.29, 0.717) is 29.3 Å². The number of Topliss-reactive ketones (excluding diaryl/α,β-unsaturated/α-hetero) is 1. The molecule has 0 aromatic heterocycles. The predicted octanol–water partition coefficient (Wildman–Crippen LogP) is 3.98. The summed E-state index contributed by atoms with van der Waals surface area (Å²) in [4.78, 5) is 12.4. The normalized spacial score (nSPS) is 61.5. The third-order valence-electron chi connectivity index (χ3n) is 8.62. The SMILES string of the molecule is C[C@]12C[C@H]3O[C@H]3CC1CC[C@@H]1[C@@H]2CC[C@]2(C)C(=O)CC[C@@H]12. The van der Waals surface area contributed by atoms with E-state index in [2.05, 4.69) is 13.8 Å². The number of carbonyl (C=O) groups excluding carboxylic acids is 1. The van der Waals surface area contributed by atoms with E-state index in [1.54, 1.807) is 0 Å². The van der Waals surface area contributed by atoms with Crippen molar-refractivity contribution in [2.75, 3.05) is 0 Å². The highest BCUT2D eigenvalue weighted by atomic mass is 16.6. The molecule has 0 N–H and O–H groups in total. The second-order valence-corrected chi connectivity index (χ2v) is 9.23. The van der Waals surface area contributed by atoms with Crippen LogP contribution in [0.1, 0.15) is 65.2 Å². The lowest BCUT2D eigenvalue weighted by Gasteiger charge is -2.59. The number of rotatable bonds is 0. The maximum atomic E-state index is 12.4. The molecular formula is C19H28O2. The molecule has 8 atom stereocenters. The molecule has 116 valence electrons. The summed E-state index contributed by atoms with van der Waals surface area (Å²) in [6, 6.07) is 0. The average molecular weight is 288 g/mol. The van der Waals surface area contributed by atoms with Crippen molar-refractivity contribution >= 4 is 5.78 Å². The first kappa shape index (κ1) is 13.1. The van der Waals surface area contributed by atoms with Gasteiger partial charge in [0.25, 0.3) is 0 Å². The highest BCUT2D eigenvalue weighted by molar-refractivity contribution is 5.87. The van der Waals surface area contributed by atoms with Gasteiger partial charge in [-0.1, -0.05) is 13.8 Å². The Bertz CT molecular complexity index is 500. The standard InChI is InChI=1S/C19H28O2/c1-18-8-7-14-12(13(18)5-6-17(18)20)4-3-11-9-15-16(21-15)10-19(11,14)2/h11-16H,3-10H2,1-2H3/t11?,12-,13-,14-,15-,16+,18-,19-/m0/s1. The molecule has 4 saturated carbocycles. The highest BCUT2D eigenvalue weighted by Gasteiger charge is 2.63. The lowest BCUT2D eigenvalue weighted by molar-refractivity contribution is -0.137. The Morgan fingerprint density at radius 3 is 2.76 bits per heavy atom. The van der Waals surface area contributed by atoms with E-state index < -0.39 is 0 Å². The van der Waals surface area contributed by atoms with Crippen LogP contribution >= 0.6 is 0 Å². The zero-order valence-corrected chi connectivity index (χ0v) is 13.4. The molecular weight excluding hydrogens is 260 g/mol. The zero-order valence-electron chi connectivity index (χ0n) is 13.4. The molecule has 0 radical (unpaired) electrons. The van der Waals surface area contributed by atoms with Crippen molar-refractivity contribution in [3.05, 3.63) is 0 Å². The van der Waals surface area contributed by atoms with Crippen LogP contribution in [0.15, 0.2) is 0 Å². The molecule has 0 bridgehead atoms. The molecule has 5 aliphatic rings. The molecule has 0 spiro atoms. The summed E-state index contributed by atoms with van der Waals surface area (Å²) < 4.78 is 5.88. The van der Waals surface area contributed by atoms with Gasteiger partial charge in [0.05, 0.1) is 12.2 Å². The van der Waals surface area contributed by atoms with Gasteiger partial charge in [-0.3, -0.25) is 4.79 Å². The van der Waals surface area contributed by atoms with E-state index in [1.807, 2.05) is 0 Å². The van der Waals surface area contributed by atoms with Crippen LogP contribution in [0.25, 0.3) is 0 Å². The van der Waals surface area contributed by atoms with Crippen LogP contribution < -0.4 is 0 Å². The van der Waals surface area contributed by atoms with E-state index in [0.717, 1.165) is 30.6 Å². The third kappa shape index (κ3) is 1.56. The minimum atomic E-state index is 0.0393. The minimum absolute atomic E-state index is 0.0393. The summed E-state index contributed by atoms with van der Waals surface area (Å²) in [6.07, 6.45) is 11.1. The van der Waals surface area contributed by atoms with Gasteiger partial charge < -0.3 is 4.74 Å². The van der Waals surface area contributed by atoms with Crippen LogP contribution in [-0.4, -0.2) is 18.0 Å². The van der Waals surface area contributed by atoms with Gasteiger partial charge in [-0.15, -0.1) is 0 Å². The Morgan fingerprint density at radius 1 is 1.05 bits per heavy atom. The molecule has 5 fully saturated rings. The lowest BCUT2D eigenvalue weighted by Crippen LogP contribution is -2.53. The molecule has 1 heterocycles. The van der Waals surface area contributed by atoms with Gasteiger partial charge in [0.1, 0.15) is 5.78 Å². The fraction of sp³-hybridized carbons (Fsp3) is 0.947. The number of fused-ring (bicyclic) bond motifs is 6.